The Kier molecular flexibility index (Phi) is 3.40. The highest BCUT2D eigenvalue weighted by Gasteiger charge is 2.55. The maximum atomic E-state index is 12.7. The van der Waals surface area contributed by atoms with Crippen LogP contribution in [0.3, 0.4) is 0 Å². The van der Waals surface area contributed by atoms with E-state index in [1.165, 1.54) is 0 Å². The van der Waals surface area contributed by atoms with E-state index in [4.69, 9.17) is 21.7 Å². The van der Waals surface area contributed by atoms with Crippen molar-refractivity contribution in [2.24, 2.45) is 5.92 Å². The molecule has 118 valence electrons. The summed E-state index contributed by atoms with van der Waals surface area (Å²) in [5.74, 6) is 0.976. The summed E-state index contributed by atoms with van der Waals surface area (Å²) in [6.45, 7) is 1.85. The number of carbonyl (C=O) groups excluding carboxylic acids is 1. The minimum Gasteiger partial charge on any atom is -0.497 e. The van der Waals surface area contributed by atoms with E-state index >= 15 is 0 Å². The van der Waals surface area contributed by atoms with Gasteiger partial charge in [0.05, 0.1) is 13.2 Å². The second-order valence-electron chi connectivity index (χ2n) is 5.90. The van der Waals surface area contributed by atoms with Gasteiger partial charge < -0.3 is 25.0 Å². The van der Waals surface area contributed by atoms with Crippen LogP contribution in [0.25, 0.3) is 0 Å². The first-order chi connectivity index (χ1) is 10.4. The smallest absolute Gasteiger partial charge is 0.233 e. The summed E-state index contributed by atoms with van der Waals surface area (Å²) in [5, 5.41) is 6.78. The number of rotatable bonds is 2. The Hall–Kier alpha value is -2.02. The average Bonchev–Trinajstić information content (AvgIpc) is 2.44. The molecule has 6 nitrogen and oxygen atoms in total. The molecule has 2 aliphatic heterocycles. The highest BCUT2D eigenvalue weighted by atomic mass is 32.1. The molecule has 1 amide bonds. The summed E-state index contributed by atoms with van der Waals surface area (Å²) >= 11 is 5.27. The fourth-order valence-corrected chi connectivity index (χ4v) is 3.43. The van der Waals surface area contributed by atoms with Gasteiger partial charge in [0.15, 0.2) is 10.8 Å². The van der Waals surface area contributed by atoms with Gasteiger partial charge in [0, 0.05) is 19.7 Å². The molecule has 0 spiro atoms. The van der Waals surface area contributed by atoms with E-state index in [-0.39, 0.29) is 11.9 Å². The number of amides is 1. The van der Waals surface area contributed by atoms with Gasteiger partial charge >= 0.3 is 0 Å². The zero-order valence-corrected chi connectivity index (χ0v) is 13.8. The number of nitrogens with one attached hydrogen (secondary N) is 2. The van der Waals surface area contributed by atoms with Crippen LogP contribution in [0.1, 0.15) is 18.5 Å². The Morgan fingerprint density at radius 3 is 2.82 bits per heavy atom. The highest BCUT2D eigenvalue weighted by molar-refractivity contribution is 7.80. The van der Waals surface area contributed by atoms with Crippen molar-refractivity contribution >= 4 is 23.2 Å². The first-order valence-electron chi connectivity index (χ1n) is 7.02. The monoisotopic (exact) mass is 321 g/mol. The van der Waals surface area contributed by atoms with Gasteiger partial charge in [-0.25, -0.2) is 0 Å². The van der Waals surface area contributed by atoms with Crippen LogP contribution in [-0.2, 0) is 4.79 Å². The van der Waals surface area contributed by atoms with E-state index in [1.54, 1.807) is 26.1 Å². The van der Waals surface area contributed by atoms with Crippen molar-refractivity contribution in [1.29, 1.82) is 0 Å². The highest BCUT2D eigenvalue weighted by Crippen LogP contribution is 2.46. The fraction of sp³-hybridized carbons (Fsp3) is 0.467. The summed E-state index contributed by atoms with van der Waals surface area (Å²) in [4.78, 5) is 14.3. The first kappa shape index (κ1) is 14.9. The normalized spacial score (nSPS) is 28.6. The van der Waals surface area contributed by atoms with E-state index in [2.05, 4.69) is 10.6 Å². The number of fused-ring (bicyclic) bond motifs is 4. The number of benzene rings is 1. The molecule has 2 N–H and O–H groups in total. The fourth-order valence-electron chi connectivity index (χ4n) is 3.10. The van der Waals surface area contributed by atoms with Gasteiger partial charge in [0.25, 0.3) is 0 Å². The third kappa shape index (κ3) is 2.16. The molecular weight excluding hydrogens is 302 g/mol. The van der Waals surface area contributed by atoms with Crippen molar-refractivity contribution in [1.82, 2.24) is 15.5 Å². The van der Waals surface area contributed by atoms with Crippen LogP contribution in [-0.4, -0.2) is 42.8 Å². The maximum Gasteiger partial charge on any atom is 0.233 e. The molecule has 2 aliphatic rings. The minimum atomic E-state index is -0.879. The largest absolute Gasteiger partial charge is 0.497 e. The van der Waals surface area contributed by atoms with Gasteiger partial charge in [-0.15, -0.1) is 0 Å². The van der Waals surface area contributed by atoms with Crippen LogP contribution in [0.2, 0.25) is 0 Å². The van der Waals surface area contributed by atoms with Crippen LogP contribution in [0.5, 0.6) is 11.5 Å². The van der Waals surface area contributed by atoms with Crippen LogP contribution in [0.4, 0.5) is 0 Å². The van der Waals surface area contributed by atoms with Gasteiger partial charge in [-0.3, -0.25) is 4.79 Å². The molecule has 2 heterocycles. The van der Waals surface area contributed by atoms with Crippen molar-refractivity contribution in [2.75, 3.05) is 21.2 Å². The lowest BCUT2D eigenvalue weighted by Crippen LogP contribution is -2.70. The minimum absolute atomic E-state index is 0.0246. The second-order valence-corrected chi connectivity index (χ2v) is 6.31. The second kappa shape index (κ2) is 5.01. The summed E-state index contributed by atoms with van der Waals surface area (Å²) in [6, 6.07) is 5.32. The average molecular weight is 321 g/mol. The lowest BCUT2D eigenvalue weighted by atomic mass is 9.79. The van der Waals surface area contributed by atoms with Gasteiger partial charge in [-0.05, 0) is 37.3 Å². The number of hydrogen-bond acceptors (Lipinski definition) is 4. The molecule has 0 aromatic heterocycles. The van der Waals surface area contributed by atoms with E-state index in [0.717, 1.165) is 11.3 Å². The number of ether oxygens (including phenoxy) is 2. The molecule has 22 heavy (non-hydrogen) atoms. The molecule has 0 saturated carbocycles. The molecule has 3 unspecified atom stereocenters. The lowest BCUT2D eigenvalue weighted by Gasteiger charge is -2.51. The summed E-state index contributed by atoms with van der Waals surface area (Å²) in [7, 11) is 5.08. The number of hydrogen-bond donors (Lipinski definition) is 2. The summed E-state index contributed by atoms with van der Waals surface area (Å²) in [6.07, 6.45) is 0. The third-order valence-electron chi connectivity index (χ3n) is 4.16. The zero-order chi connectivity index (χ0) is 16.1. The van der Waals surface area contributed by atoms with Crippen molar-refractivity contribution in [3.05, 3.63) is 23.8 Å². The van der Waals surface area contributed by atoms with Crippen LogP contribution in [0, 0.1) is 5.92 Å². The molecule has 1 saturated heterocycles. The predicted octanol–water partition coefficient (Wildman–Crippen LogP) is 1.03. The number of nitrogens with zero attached hydrogens (tertiary/aromatic N) is 1. The SMILES string of the molecule is COc1ccc2c(c1)C1NC(=S)NC(C)(O2)C1C(=O)N(C)C. The molecule has 1 fully saturated rings. The van der Waals surface area contributed by atoms with Gasteiger partial charge in [0.2, 0.25) is 5.91 Å². The van der Waals surface area contributed by atoms with Crippen LogP contribution < -0.4 is 20.1 Å². The van der Waals surface area contributed by atoms with Crippen molar-refractivity contribution in [3.8, 4) is 11.5 Å². The maximum absolute atomic E-state index is 12.7. The van der Waals surface area contributed by atoms with E-state index in [1.807, 2.05) is 25.1 Å². The van der Waals surface area contributed by atoms with Crippen molar-refractivity contribution in [2.45, 2.75) is 18.7 Å². The number of methoxy groups -OCH3 is 1. The molecule has 1 aromatic rings. The number of carbonyl (C=O) groups is 1. The Balaban J connectivity index is 2.13. The Morgan fingerprint density at radius 1 is 1.45 bits per heavy atom. The van der Waals surface area contributed by atoms with Gasteiger partial charge in [-0.2, -0.15) is 0 Å². The van der Waals surface area contributed by atoms with Crippen molar-refractivity contribution in [3.63, 3.8) is 0 Å². The Labute approximate surface area is 134 Å². The molecule has 1 aromatic carbocycles. The molecule has 3 atom stereocenters. The van der Waals surface area contributed by atoms with E-state index in [0.29, 0.717) is 10.9 Å². The molecule has 0 aliphatic carbocycles. The predicted molar refractivity (Wildman–Crippen MR) is 85.8 cm³/mol. The van der Waals surface area contributed by atoms with Gasteiger partial charge in [-0.1, -0.05) is 0 Å². The van der Waals surface area contributed by atoms with E-state index < -0.39 is 11.6 Å². The third-order valence-corrected chi connectivity index (χ3v) is 4.38. The number of thiocarbonyl (C=S) groups is 1. The molecule has 7 heteroatoms. The van der Waals surface area contributed by atoms with Crippen molar-refractivity contribution < 1.29 is 14.3 Å². The van der Waals surface area contributed by atoms with Crippen LogP contribution in [0.15, 0.2) is 18.2 Å². The van der Waals surface area contributed by atoms with Gasteiger partial charge in [0.1, 0.15) is 17.4 Å². The Bertz CT molecular complexity index is 649. The summed E-state index contributed by atoms with van der Waals surface area (Å²) in [5.41, 5.74) is -0.00322. The van der Waals surface area contributed by atoms with Crippen LogP contribution >= 0.6 is 12.2 Å². The lowest BCUT2D eigenvalue weighted by molar-refractivity contribution is -0.146. The van der Waals surface area contributed by atoms with E-state index in [9.17, 15) is 4.79 Å². The zero-order valence-electron chi connectivity index (χ0n) is 13.0. The topological polar surface area (TPSA) is 62.8 Å². The molecule has 0 radical (unpaired) electrons. The quantitative estimate of drug-likeness (QED) is 0.793. The standard InChI is InChI=1S/C15H19N3O3S/c1-15-11(13(19)18(2)3)12(16-14(22)17-15)9-7-8(20-4)5-6-10(9)21-15/h5-7,11-12H,1-4H3,(H2,16,17,22). The molecular formula is C15H19N3O3S. The summed E-state index contributed by atoms with van der Waals surface area (Å²) < 4.78 is 11.4. The molecule has 2 bridgehead atoms. The first-order valence-corrected chi connectivity index (χ1v) is 7.43. The Morgan fingerprint density at radius 2 is 2.18 bits per heavy atom. The molecule has 3 rings (SSSR count).